The summed E-state index contributed by atoms with van der Waals surface area (Å²) in [4.78, 5) is 9.15. The van der Waals surface area contributed by atoms with E-state index in [0.717, 1.165) is 43.5 Å². The van der Waals surface area contributed by atoms with E-state index in [0.29, 0.717) is 6.42 Å². The van der Waals surface area contributed by atoms with Crippen LogP contribution in [0.2, 0.25) is 0 Å². The lowest BCUT2D eigenvalue weighted by atomic mass is 10.0. The van der Waals surface area contributed by atoms with Crippen LogP contribution in [0.4, 0.5) is 4.39 Å². The molecule has 0 amide bonds. The van der Waals surface area contributed by atoms with Crippen molar-refractivity contribution in [2.24, 2.45) is 0 Å². The van der Waals surface area contributed by atoms with Crippen molar-refractivity contribution in [3.05, 3.63) is 47.8 Å². The second-order valence-electron chi connectivity index (χ2n) is 8.36. The van der Waals surface area contributed by atoms with Crippen molar-refractivity contribution in [2.45, 2.75) is 103 Å². The van der Waals surface area contributed by atoms with Crippen LogP contribution in [-0.2, 0) is 12.8 Å². The van der Waals surface area contributed by atoms with Gasteiger partial charge in [-0.1, -0.05) is 82.6 Å². The van der Waals surface area contributed by atoms with Crippen molar-refractivity contribution in [1.29, 1.82) is 0 Å². The Morgan fingerprint density at radius 1 is 0.724 bits per heavy atom. The second-order valence-corrected chi connectivity index (χ2v) is 8.36. The first kappa shape index (κ1) is 23.5. The number of rotatable bonds is 15. The van der Waals surface area contributed by atoms with Crippen molar-refractivity contribution in [3.63, 3.8) is 0 Å². The first-order chi connectivity index (χ1) is 14.2. The Labute approximate surface area is 177 Å². The Balaban J connectivity index is 1.69. The van der Waals surface area contributed by atoms with Gasteiger partial charge in [-0.2, -0.15) is 0 Å². The Morgan fingerprint density at radius 2 is 1.28 bits per heavy atom. The molecule has 2 aromatic rings. The van der Waals surface area contributed by atoms with Crippen LogP contribution >= 0.6 is 0 Å². The van der Waals surface area contributed by atoms with Gasteiger partial charge in [0, 0.05) is 18.0 Å². The zero-order chi connectivity index (χ0) is 20.7. The van der Waals surface area contributed by atoms with Gasteiger partial charge in [0.1, 0.15) is 0 Å². The summed E-state index contributed by atoms with van der Waals surface area (Å²) in [6.07, 6.45) is 18.6. The molecule has 0 radical (unpaired) electrons. The van der Waals surface area contributed by atoms with Crippen LogP contribution in [0.5, 0.6) is 0 Å². The number of aryl methyl sites for hydroxylation is 2. The molecule has 0 spiro atoms. The molecule has 3 heteroatoms. The van der Waals surface area contributed by atoms with E-state index in [4.69, 9.17) is 0 Å². The Hall–Kier alpha value is -1.77. The lowest BCUT2D eigenvalue weighted by molar-refractivity contribution is 0.330. The molecule has 0 bridgehead atoms. The molecule has 0 saturated heterocycles. The predicted molar refractivity (Wildman–Crippen MR) is 122 cm³/mol. The lowest BCUT2D eigenvalue weighted by Crippen LogP contribution is -1.94. The minimum atomic E-state index is -0.670. The fourth-order valence-corrected chi connectivity index (χ4v) is 3.67. The van der Waals surface area contributed by atoms with E-state index in [1.807, 2.05) is 12.4 Å². The van der Waals surface area contributed by atoms with Crippen LogP contribution in [0, 0.1) is 0 Å². The van der Waals surface area contributed by atoms with E-state index in [2.05, 4.69) is 41.2 Å². The normalized spacial score (nSPS) is 12.2. The first-order valence-corrected chi connectivity index (χ1v) is 11.7. The Morgan fingerprint density at radius 3 is 1.90 bits per heavy atom. The zero-order valence-corrected chi connectivity index (χ0v) is 18.5. The van der Waals surface area contributed by atoms with E-state index >= 15 is 0 Å². The molecule has 160 valence electrons. The molecule has 2 nitrogen and oxygen atoms in total. The number of halogens is 1. The second kappa shape index (κ2) is 14.3. The van der Waals surface area contributed by atoms with Gasteiger partial charge in [0.05, 0.1) is 6.17 Å². The van der Waals surface area contributed by atoms with E-state index in [1.54, 1.807) is 6.92 Å². The van der Waals surface area contributed by atoms with Gasteiger partial charge >= 0.3 is 0 Å². The number of nitrogens with zero attached hydrogens (tertiary/aromatic N) is 2. The molecular weight excluding hydrogens is 359 g/mol. The number of hydrogen-bond donors (Lipinski definition) is 0. The standard InChI is InChI=1S/C26H39FN2/c1-3-4-5-6-7-8-11-15-24-20-28-26(29-21-24)25-18-16-23(17-19-25)14-12-9-10-13-22(2)27/h16-22H,3-15H2,1-2H3. The Kier molecular flexibility index (Phi) is 11.6. The minimum absolute atomic E-state index is 0.670. The summed E-state index contributed by atoms with van der Waals surface area (Å²) >= 11 is 0. The molecule has 2 rings (SSSR count). The van der Waals surface area contributed by atoms with Gasteiger partial charge < -0.3 is 0 Å². The van der Waals surface area contributed by atoms with Gasteiger partial charge in [-0.3, -0.25) is 0 Å². The molecule has 0 N–H and O–H groups in total. The van der Waals surface area contributed by atoms with Gasteiger partial charge in [0.15, 0.2) is 5.82 Å². The van der Waals surface area contributed by atoms with Crippen LogP contribution in [-0.4, -0.2) is 16.1 Å². The highest BCUT2D eigenvalue weighted by atomic mass is 19.1. The quantitative estimate of drug-likeness (QED) is 0.285. The summed E-state index contributed by atoms with van der Waals surface area (Å²) in [6, 6.07) is 8.57. The molecule has 1 aromatic carbocycles. The monoisotopic (exact) mass is 398 g/mol. The third-order valence-corrected chi connectivity index (χ3v) is 5.55. The average molecular weight is 399 g/mol. The number of unbranched alkanes of at least 4 members (excludes halogenated alkanes) is 8. The summed E-state index contributed by atoms with van der Waals surface area (Å²) < 4.78 is 12.8. The number of alkyl halides is 1. The maximum Gasteiger partial charge on any atom is 0.159 e. The van der Waals surface area contributed by atoms with Crippen molar-refractivity contribution >= 4 is 0 Å². The summed E-state index contributed by atoms with van der Waals surface area (Å²) in [5.41, 5.74) is 3.64. The minimum Gasteiger partial charge on any atom is -0.248 e. The number of aromatic nitrogens is 2. The Bertz CT molecular complexity index is 649. The molecule has 0 aliphatic rings. The van der Waals surface area contributed by atoms with Crippen LogP contribution in [0.25, 0.3) is 11.4 Å². The highest BCUT2D eigenvalue weighted by Gasteiger charge is 2.03. The number of benzene rings is 1. The first-order valence-electron chi connectivity index (χ1n) is 11.7. The summed E-state index contributed by atoms with van der Waals surface area (Å²) in [7, 11) is 0. The summed E-state index contributed by atoms with van der Waals surface area (Å²) in [6.45, 7) is 3.90. The summed E-state index contributed by atoms with van der Waals surface area (Å²) in [5, 5.41) is 0. The van der Waals surface area contributed by atoms with Gasteiger partial charge in [-0.25, -0.2) is 14.4 Å². The van der Waals surface area contributed by atoms with Gasteiger partial charge in [-0.15, -0.1) is 0 Å². The molecular formula is C26H39FN2. The maximum atomic E-state index is 12.8. The smallest absolute Gasteiger partial charge is 0.159 e. The molecule has 0 aliphatic carbocycles. The topological polar surface area (TPSA) is 25.8 Å². The SMILES string of the molecule is CCCCCCCCCc1cnc(-c2ccc(CCCCCC(C)F)cc2)nc1. The highest BCUT2D eigenvalue weighted by molar-refractivity contribution is 5.55. The molecule has 1 unspecified atom stereocenters. The van der Waals surface area contributed by atoms with E-state index in [9.17, 15) is 4.39 Å². The third kappa shape index (κ3) is 10.0. The molecule has 1 aromatic heterocycles. The lowest BCUT2D eigenvalue weighted by Gasteiger charge is -2.06. The van der Waals surface area contributed by atoms with Crippen molar-refractivity contribution in [1.82, 2.24) is 9.97 Å². The highest BCUT2D eigenvalue weighted by Crippen LogP contribution is 2.18. The van der Waals surface area contributed by atoms with E-state index in [-0.39, 0.29) is 0 Å². The molecule has 0 saturated carbocycles. The van der Waals surface area contributed by atoms with Gasteiger partial charge in [0.2, 0.25) is 0 Å². The van der Waals surface area contributed by atoms with E-state index in [1.165, 1.54) is 56.1 Å². The third-order valence-electron chi connectivity index (χ3n) is 5.55. The largest absolute Gasteiger partial charge is 0.248 e. The van der Waals surface area contributed by atoms with Gasteiger partial charge in [-0.05, 0) is 50.2 Å². The van der Waals surface area contributed by atoms with Crippen molar-refractivity contribution in [3.8, 4) is 11.4 Å². The fourth-order valence-electron chi connectivity index (χ4n) is 3.67. The predicted octanol–water partition coefficient (Wildman–Crippen LogP) is 7.90. The zero-order valence-electron chi connectivity index (χ0n) is 18.5. The van der Waals surface area contributed by atoms with Crippen LogP contribution in [0.3, 0.4) is 0 Å². The summed E-state index contributed by atoms with van der Waals surface area (Å²) in [5.74, 6) is 0.803. The van der Waals surface area contributed by atoms with Crippen molar-refractivity contribution < 1.29 is 4.39 Å². The van der Waals surface area contributed by atoms with Crippen LogP contribution in [0.1, 0.15) is 95.6 Å². The maximum absolute atomic E-state index is 12.8. The molecule has 0 aliphatic heterocycles. The molecule has 1 atom stereocenters. The van der Waals surface area contributed by atoms with Gasteiger partial charge in [0.25, 0.3) is 0 Å². The van der Waals surface area contributed by atoms with Crippen LogP contribution in [0.15, 0.2) is 36.7 Å². The average Bonchev–Trinajstić information content (AvgIpc) is 2.74. The molecule has 1 heterocycles. The van der Waals surface area contributed by atoms with Crippen molar-refractivity contribution in [2.75, 3.05) is 0 Å². The molecule has 29 heavy (non-hydrogen) atoms. The van der Waals surface area contributed by atoms with Crippen LogP contribution < -0.4 is 0 Å². The van der Waals surface area contributed by atoms with E-state index < -0.39 is 6.17 Å². The molecule has 0 fully saturated rings. The fraction of sp³-hybridized carbons (Fsp3) is 0.615. The number of hydrogen-bond acceptors (Lipinski definition) is 2.